The number of sulfonamides is 1. The Bertz CT molecular complexity index is 1180. The summed E-state index contributed by atoms with van der Waals surface area (Å²) in [5.74, 6) is -0.139. The first-order valence-electron chi connectivity index (χ1n) is 10.2. The lowest BCUT2D eigenvalue weighted by Crippen LogP contribution is -2.29. The van der Waals surface area contributed by atoms with Crippen molar-refractivity contribution in [2.75, 3.05) is 26.2 Å². The number of ether oxygens (including phenoxy) is 2. The van der Waals surface area contributed by atoms with E-state index in [1.54, 1.807) is 36.4 Å². The molecule has 9 nitrogen and oxygen atoms in total. The van der Waals surface area contributed by atoms with Crippen LogP contribution in [0.25, 0.3) is 0 Å². The lowest BCUT2D eigenvalue weighted by Gasteiger charge is -2.21. The van der Waals surface area contributed by atoms with Crippen LogP contribution in [-0.4, -0.2) is 53.3 Å². The zero-order valence-electron chi connectivity index (χ0n) is 19.1. The fourth-order valence-corrected chi connectivity index (χ4v) is 4.21. The standard InChI is InChI=1S/C22H29NO8S2/c1-5-11-30-20-10-9-19(13-21(20)31-33(4,27)28)16-23(32(3,25)26)15-18-8-6-7-17(12-18)14-22(24)29-2/h6-10,12-13H,5,11,14-16H2,1-4H3. The monoisotopic (exact) mass is 499 g/mol. The second-order valence-electron chi connectivity index (χ2n) is 7.52. The molecule has 0 N–H and O–H groups in total. The van der Waals surface area contributed by atoms with Crippen LogP contribution in [0.1, 0.15) is 30.0 Å². The number of esters is 1. The van der Waals surface area contributed by atoms with Gasteiger partial charge in [-0.2, -0.15) is 12.7 Å². The van der Waals surface area contributed by atoms with Crippen LogP contribution in [0, 0.1) is 0 Å². The number of hydrogen-bond acceptors (Lipinski definition) is 8. The topological polar surface area (TPSA) is 116 Å². The first-order valence-corrected chi connectivity index (χ1v) is 13.8. The quantitative estimate of drug-likeness (QED) is 0.323. The van der Waals surface area contributed by atoms with Crippen molar-refractivity contribution in [3.63, 3.8) is 0 Å². The summed E-state index contributed by atoms with van der Waals surface area (Å²) in [4.78, 5) is 11.5. The van der Waals surface area contributed by atoms with E-state index in [0.29, 0.717) is 23.3 Å². The predicted octanol–water partition coefficient (Wildman–Crippen LogP) is 2.49. The molecule has 182 valence electrons. The molecule has 0 aliphatic heterocycles. The molecular weight excluding hydrogens is 470 g/mol. The maximum absolute atomic E-state index is 12.5. The molecule has 0 heterocycles. The lowest BCUT2D eigenvalue weighted by molar-refractivity contribution is -0.139. The van der Waals surface area contributed by atoms with Crippen molar-refractivity contribution >= 4 is 26.1 Å². The van der Waals surface area contributed by atoms with Crippen molar-refractivity contribution in [3.8, 4) is 11.5 Å². The molecule has 0 saturated heterocycles. The molecule has 2 aromatic rings. The van der Waals surface area contributed by atoms with Crippen LogP contribution in [-0.2, 0) is 49.2 Å². The summed E-state index contributed by atoms with van der Waals surface area (Å²) >= 11 is 0. The first-order chi connectivity index (χ1) is 15.4. The largest absolute Gasteiger partial charge is 0.490 e. The average Bonchev–Trinajstić information content (AvgIpc) is 2.71. The molecule has 0 atom stereocenters. The molecule has 0 saturated carbocycles. The van der Waals surface area contributed by atoms with Gasteiger partial charge >= 0.3 is 16.1 Å². The van der Waals surface area contributed by atoms with Gasteiger partial charge in [0.2, 0.25) is 10.0 Å². The van der Waals surface area contributed by atoms with Gasteiger partial charge in [-0.1, -0.05) is 37.3 Å². The van der Waals surface area contributed by atoms with Gasteiger partial charge in [-0.05, 0) is 35.2 Å². The summed E-state index contributed by atoms with van der Waals surface area (Å²) < 4.78 is 64.8. The minimum absolute atomic E-state index is 0.00280. The van der Waals surface area contributed by atoms with Gasteiger partial charge < -0.3 is 13.7 Å². The molecule has 0 aliphatic rings. The van der Waals surface area contributed by atoms with Crippen molar-refractivity contribution in [3.05, 3.63) is 59.2 Å². The van der Waals surface area contributed by atoms with Crippen LogP contribution < -0.4 is 8.92 Å². The van der Waals surface area contributed by atoms with Crippen LogP contribution in [0.3, 0.4) is 0 Å². The van der Waals surface area contributed by atoms with E-state index in [4.69, 9.17) is 8.92 Å². The van der Waals surface area contributed by atoms with E-state index in [0.717, 1.165) is 18.9 Å². The molecular formula is C22H29NO8S2. The van der Waals surface area contributed by atoms with Gasteiger partial charge in [-0.25, -0.2) is 8.42 Å². The molecule has 0 aliphatic carbocycles. The van der Waals surface area contributed by atoms with Crippen LogP contribution in [0.4, 0.5) is 0 Å². The Labute approximate surface area is 195 Å². The number of methoxy groups -OCH3 is 1. The Morgan fingerprint density at radius 2 is 1.55 bits per heavy atom. The summed E-state index contributed by atoms with van der Waals surface area (Å²) in [6.45, 7) is 2.32. The first kappa shape index (κ1) is 26.6. The number of benzene rings is 2. The summed E-state index contributed by atoms with van der Waals surface area (Å²) in [6, 6.07) is 11.7. The highest BCUT2D eigenvalue weighted by Crippen LogP contribution is 2.30. The smallest absolute Gasteiger partial charge is 0.309 e. The van der Waals surface area contributed by atoms with E-state index in [1.807, 2.05) is 6.92 Å². The molecule has 11 heteroatoms. The Morgan fingerprint density at radius 1 is 0.909 bits per heavy atom. The summed E-state index contributed by atoms with van der Waals surface area (Å²) in [5.41, 5.74) is 1.92. The van der Waals surface area contributed by atoms with Crippen molar-refractivity contribution in [1.82, 2.24) is 4.31 Å². The molecule has 0 fully saturated rings. The van der Waals surface area contributed by atoms with Crippen LogP contribution >= 0.6 is 0 Å². The highest BCUT2D eigenvalue weighted by atomic mass is 32.2. The molecule has 0 unspecified atom stereocenters. The van der Waals surface area contributed by atoms with E-state index < -0.39 is 26.1 Å². The summed E-state index contributed by atoms with van der Waals surface area (Å²) in [5, 5.41) is 0. The molecule has 33 heavy (non-hydrogen) atoms. The molecule has 0 amide bonds. The van der Waals surface area contributed by atoms with Gasteiger partial charge in [0, 0.05) is 13.1 Å². The Morgan fingerprint density at radius 3 is 2.12 bits per heavy atom. The molecule has 2 rings (SSSR count). The Hall–Kier alpha value is -2.63. The average molecular weight is 500 g/mol. The number of carbonyl (C=O) groups excluding carboxylic acids is 1. The van der Waals surface area contributed by atoms with Gasteiger partial charge in [0.05, 0.1) is 32.6 Å². The fourth-order valence-electron chi connectivity index (χ4n) is 2.98. The molecule has 2 aromatic carbocycles. The van der Waals surface area contributed by atoms with Crippen LogP contribution in [0.15, 0.2) is 42.5 Å². The van der Waals surface area contributed by atoms with Crippen molar-refractivity contribution < 1.29 is 35.3 Å². The maximum Gasteiger partial charge on any atom is 0.309 e. The number of nitrogens with zero attached hydrogens (tertiary/aromatic N) is 1. The second-order valence-corrected chi connectivity index (χ2v) is 11.1. The zero-order chi connectivity index (χ0) is 24.6. The van der Waals surface area contributed by atoms with Crippen molar-refractivity contribution in [2.24, 2.45) is 0 Å². The normalized spacial score (nSPS) is 11.9. The van der Waals surface area contributed by atoms with Crippen LogP contribution in [0.2, 0.25) is 0 Å². The third-order valence-corrected chi connectivity index (χ3v) is 6.14. The predicted molar refractivity (Wildman–Crippen MR) is 124 cm³/mol. The number of rotatable bonds is 12. The number of carbonyl (C=O) groups is 1. The maximum atomic E-state index is 12.5. The van der Waals surface area contributed by atoms with Gasteiger partial charge in [0.1, 0.15) is 0 Å². The van der Waals surface area contributed by atoms with Crippen molar-refractivity contribution in [2.45, 2.75) is 32.9 Å². The van der Waals surface area contributed by atoms with E-state index in [2.05, 4.69) is 4.74 Å². The van der Waals surface area contributed by atoms with Gasteiger partial charge in [0.25, 0.3) is 0 Å². The van der Waals surface area contributed by atoms with Gasteiger partial charge in [0.15, 0.2) is 11.5 Å². The molecule has 0 aromatic heterocycles. The Kier molecular flexibility index (Phi) is 9.26. The van der Waals surface area contributed by atoms with Gasteiger partial charge in [-0.3, -0.25) is 4.79 Å². The van der Waals surface area contributed by atoms with E-state index in [9.17, 15) is 21.6 Å². The zero-order valence-corrected chi connectivity index (χ0v) is 20.7. The molecule has 0 radical (unpaired) electrons. The van der Waals surface area contributed by atoms with Gasteiger partial charge in [-0.15, -0.1) is 0 Å². The van der Waals surface area contributed by atoms with Crippen LogP contribution in [0.5, 0.6) is 11.5 Å². The highest BCUT2D eigenvalue weighted by molar-refractivity contribution is 7.88. The second kappa shape index (κ2) is 11.5. The van der Waals surface area contributed by atoms with E-state index in [-0.39, 0.29) is 31.0 Å². The molecule has 0 bridgehead atoms. The van der Waals surface area contributed by atoms with Crippen molar-refractivity contribution in [1.29, 1.82) is 0 Å². The third-order valence-electron chi connectivity index (χ3n) is 4.47. The summed E-state index contributed by atoms with van der Waals surface area (Å²) in [7, 11) is -6.13. The molecule has 0 spiro atoms. The fraction of sp³-hybridized carbons (Fsp3) is 0.409. The highest BCUT2D eigenvalue weighted by Gasteiger charge is 2.20. The Balaban J connectivity index is 2.31. The summed E-state index contributed by atoms with van der Waals surface area (Å²) in [6.07, 6.45) is 2.82. The van der Waals surface area contributed by atoms with E-state index >= 15 is 0 Å². The lowest BCUT2D eigenvalue weighted by atomic mass is 10.1. The SMILES string of the molecule is CCCOc1ccc(CN(Cc2cccc(CC(=O)OC)c2)S(C)(=O)=O)cc1OS(C)(=O)=O. The minimum atomic E-state index is -3.81. The number of hydrogen-bond donors (Lipinski definition) is 0. The third kappa shape index (κ3) is 9.03. The minimum Gasteiger partial charge on any atom is -0.490 e. The van der Waals surface area contributed by atoms with E-state index in [1.165, 1.54) is 17.5 Å².